The molecular weight excluding hydrogens is 160 g/mol. The Kier molecular flexibility index (Phi) is 4.81. The van der Waals surface area contributed by atoms with Crippen molar-refractivity contribution in [2.24, 2.45) is 5.92 Å². The molecule has 1 rings (SSSR count). The smallest absolute Gasteiger partial charge is 0.155 e. The third kappa shape index (κ3) is 4.25. The van der Waals surface area contributed by atoms with E-state index in [0.717, 1.165) is 12.3 Å². The van der Waals surface area contributed by atoms with Crippen LogP contribution >= 0.6 is 0 Å². The lowest BCUT2D eigenvalue weighted by Gasteiger charge is -2.20. The van der Waals surface area contributed by atoms with Crippen molar-refractivity contribution in [2.75, 3.05) is 0 Å². The predicted octanol–water partition coefficient (Wildman–Crippen LogP) is 3.49. The standard InChI is InChI=1S/C12H20O/c1-2-12(13)10-6-9-11-7-4-3-5-8-11/h2,11H,1,3-10H2. The van der Waals surface area contributed by atoms with Gasteiger partial charge < -0.3 is 0 Å². The molecule has 1 saturated carbocycles. The molecule has 1 nitrogen and oxygen atoms in total. The molecule has 0 heterocycles. The van der Waals surface area contributed by atoms with Crippen LogP contribution in [0, 0.1) is 5.92 Å². The summed E-state index contributed by atoms with van der Waals surface area (Å²) in [5.74, 6) is 1.11. The van der Waals surface area contributed by atoms with E-state index in [9.17, 15) is 4.79 Å². The van der Waals surface area contributed by atoms with Crippen LogP contribution in [0.3, 0.4) is 0 Å². The molecule has 13 heavy (non-hydrogen) atoms. The third-order valence-corrected chi connectivity index (χ3v) is 2.99. The van der Waals surface area contributed by atoms with Crippen LogP contribution in [0.25, 0.3) is 0 Å². The van der Waals surface area contributed by atoms with E-state index in [1.165, 1.54) is 44.6 Å². The van der Waals surface area contributed by atoms with Gasteiger partial charge in [-0.25, -0.2) is 0 Å². The Morgan fingerprint density at radius 2 is 2.00 bits per heavy atom. The zero-order chi connectivity index (χ0) is 9.52. The van der Waals surface area contributed by atoms with Crippen LogP contribution in [0.2, 0.25) is 0 Å². The number of ketones is 1. The molecule has 1 heteroatoms. The fourth-order valence-electron chi connectivity index (χ4n) is 2.14. The second-order valence-electron chi connectivity index (χ2n) is 4.07. The predicted molar refractivity (Wildman–Crippen MR) is 55.6 cm³/mol. The monoisotopic (exact) mass is 180 g/mol. The summed E-state index contributed by atoms with van der Waals surface area (Å²) >= 11 is 0. The van der Waals surface area contributed by atoms with Gasteiger partial charge in [-0.2, -0.15) is 0 Å². The molecule has 0 saturated heterocycles. The molecule has 1 aliphatic carbocycles. The van der Waals surface area contributed by atoms with Gasteiger partial charge in [0.2, 0.25) is 0 Å². The van der Waals surface area contributed by atoms with E-state index in [1.54, 1.807) is 0 Å². The van der Waals surface area contributed by atoms with Crippen LogP contribution in [0.5, 0.6) is 0 Å². The molecule has 0 spiro atoms. The van der Waals surface area contributed by atoms with Crippen molar-refractivity contribution in [1.29, 1.82) is 0 Å². The molecule has 0 bridgehead atoms. The van der Waals surface area contributed by atoms with Crippen LogP contribution in [0.15, 0.2) is 12.7 Å². The summed E-state index contributed by atoms with van der Waals surface area (Å²) in [6.45, 7) is 3.48. The molecule has 0 amide bonds. The third-order valence-electron chi connectivity index (χ3n) is 2.99. The Hall–Kier alpha value is -0.590. The molecule has 0 aromatic carbocycles. The van der Waals surface area contributed by atoms with Crippen molar-refractivity contribution in [2.45, 2.75) is 51.4 Å². The van der Waals surface area contributed by atoms with E-state index in [1.807, 2.05) is 0 Å². The average Bonchev–Trinajstić information content (AvgIpc) is 2.19. The van der Waals surface area contributed by atoms with Crippen molar-refractivity contribution in [1.82, 2.24) is 0 Å². The molecule has 0 atom stereocenters. The minimum Gasteiger partial charge on any atom is -0.295 e. The van der Waals surface area contributed by atoms with Gasteiger partial charge in [-0.15, -0.1) is 0 Å². The Morgan fingerprint density at radius 1 is 1.31 bits per heavy atom. The highest BCUT2D eigenvalue weighted by Crippen LogP contribution is 2.27. The summed E-state index contributed by atoms with van der Waals surface area (Å²) in [5, 5.41) is 0. The highest BCUT2D eigenvalue weighted by Gasteiger charge is 2.12. The quantitative estimate of drug-likeness (QED) is 0.592. The van der Waals surface area contributed by atoms with E-state index in [0.29, 0.717) is 6.42 Å². The maximum atomic E-state index is 10.9. The summed E-state index contributed by atoms with van der Waals surface area (Å²) in [5.41, 5.74) is 0. The first-order valence-electron chi connectivity index (χ1n) is 5.48. The first-order chi connectivity index (χ1) is 6.33. The van der Waals surface area contributed by atoms with Gasteiger partial charge in [-0.3, -0.25) is 4.79 Å². The van der Waals surface area contributed by atoms with Crippen molar-refractivity contribution < 1.29 is 4.79 Å². The Bertz CT molecular complexity index is 166. The van der Waals surface area contributed by atoms with Crippen molar-refractivity contribution >= 4 is 5.78 Å². The van der Waals surface area contributed by atoms with Crippen LogP contribution in [0.4, 0.5) is 0 Å². The first kappa shape index (κ1) is 10.5. The number of allylic oxidation sites excluding steroid dienone is 1. The van der Waals surface area contributed by atoms with E-state index in [4.69, 9.17) is 0 Å². The zero-order valence-corrected chi connectivity index (χ0v) is 8.43. The Labute approximate surface area is 81.2 Å². The molecule has 0 N–H and O–H groups in total. The molecule has 74 valence electrons. The van der Waals surface area contributed by atoms with Gasteiger partial charge in [-0.1, -0.05) is 45.1 Å². The molecular formula is C12H20O. The lowest BCUT2D eigenvalue weighted by atomic mass is 9.85. The molecule has 0 aromatic heterocycles. The van der Waals surface area contributed by atoms with Crippen molar-refractivity contribution in [3.05, 3.63) is 12.7 Å². The van der Waals surface area contributed by atoms with Gasteiger partial charge in [0.25, 0.3) is 0 Å². The topological polar surface area (TPSA) is 17.1 Å². The highest BCUT2D eigenvalue weighted by atomic mass is 16.1. The van der Waals surface area contributed by atoms with Gasteiger partial charge in [0, 0.05) is 6.42 Å². The zero-order valence-electron chi connectivity index (χ0n) is 8.43. The Balaban J connectivity index is 2.04. The normalized spacial score (nSPS) is 18.5. The number of carbonyl (C=O) groups is 1. The van der Waals surface area contributed by atoms with Crippen LogP contribution in [0.1, 0.15) is 51.4 Å². The Morgan fingerprint density at radius 3 is 2.62 bits per heavy atom. The van der Waals surface area contributed by atoms with E-state index in [-0.39, 0.29) is 5.78 Å². The SMILES string of the molecule is C=CC(=O)CCCC1CCCCC1. The summed E-state index contributed by atoms with van der Waals surface area (Å²) in [7, 11) is 0. The van der Waals surface area contributed by atoms with Crippen molar-refractivity contribution in [3.63, 3.8) is 0 Å². The molecule has 0 aliphatic heterocycles. The maximum absolute atomic E-state index is 10.9. The summed E-state index contributed by atoms with van der Waals surface area (Å²) < 4.78 is 0. The largest absolute Gasteiger partial charge is 0.295 e. The summed E-state index contributed by atoms with van der Waals surface area (Å²) in [6, 6.07) is 0. The fraction of sp³-hybridized carbons (Fsp3) is 0.750. The van der Waals surface area contributed by atoms with Crippen LogP contribution in [-0.4, -0.2) is 5.78 Å². The highest BCUT2D eigenvalue weighted by molar-refractivity contribution is 5.88. The van der Waals surface area contributed by atoms with E-state index >= 15 is 0 Å². The van der Waals surface area contributed by atoms with Crippen molar-refractivity contribution in [3.8, 4) is 0 Å². The molecule has 0 unspecified atom stereocenters. The van der Waals surface area contributed by atoms with Gasteiger partial charge >= 0.3 is 0 Å². The lowest BCUT2D eigenvalue weighted by Crippen LogP contribution is -2.06. The number of hydrogen-bond acceptors (Lipinski definition) is 1. The van der Waals surface area contributed by atoms with Gasteiger partial charge in [-0.05, 0) is 18.4 Å². The molecule has 1 aliphatic rings. The number of rotatable bonds is 5. The minimum atomic E-state index is 0.204. The minimum absolute atomic E-state index is 0.204. The van der Waals surface area contributed by atoms with E-state index in [2.05, 4.69) is 6.58 Å². The second-order valence-corrected chi connectivity index (χ2v) is 4.07. The molecule has 1 fully saturated rings. The summed E-state index contributed by atoms with van der Waals surface area (Å²) in [4.78, 5) is 10.9. The molecule has 0 aromatic rings. The van der Waals surface area contributed by atoms with Gasteiger partial charge in [0.15, 0.2) is 5.78 Å². The van der Waals surface area contributed by atoms with Gasteiger partial charge in [0.1, 0.15) is 0 Å². The van der Waals surface area contributed by atoms with Crippen LogP contribution in [-0.2, 0) is 4.79 Å². The number of hydrogen-bond donors (Lipinski definition) is 0. The van der Waals surface area contributed by atoms with Crippen LogP contribution < -0.4 is 0 Å². The fourth-order valence-corrected chi connectivity index (χ4v) is 2.14. The first-order valence-corrected chi connectivity index (χ1v) is 5.48. The second kappa shape index (κ2) is 5.95. The van der Waals surface area contributed by atoms with Gasteiger partial charge in [0.05, 0.1) is 0 Å². The summed E-state index contributed by atoms with van der Waals surface area (Å²) in [6.07, 6.45) is 11.5. The van der Waals surface area contributed by atoms with E-state index < -0.39 is 0 Å². The average molecular weight is 180 g/mol. The molecule has 0 radical (unpaired) electrons. The lowest BCUT2D eigenvalue weighted by molar-refractivity contribution is -0.114. The maximum Gasteiger partial charge on any atom is 0.155 e. The number of carbonyl (C=O) groups excluding carboxylic acids is 1.